The number of ether oxygens (including phenoxy) is 1. The quantitative estimate of drug-likeness (QED) is 0.352. The fraction of sp³-hybridized carbons (Fsp3) is 0.133. The van der Waals surface area contributed by atoms with Gasteiger partial charge in [-0.15, -0.1) is 0 Å². The lowest BCUT2D eigenvalue weighted by molar-refractivity contribution is 0.0600. The zero-order chi connectivity index (χ0) is 26.7. The van der Waals surface area contributed by atoms with E-state index in [1.165, 1.54) is 25.4 Å². The Morgan fingerprint density at radius 2 is 1.84 bits per heavy atom. The minimum absolute atomic E-state index is 0.261. The Morgan fingerprint density at radius 1 is 1.03 bits per heavy atom. The number of anilines is 1. The molecule has 1 aliphatic carbocycles. The van der Waals surface area contributed by atoms with Crippen LogP contribution in [0.3, 0.4) is 0 Å². The molecule has 6 rings (SSSR count). The molecule has 0 saturated heterocycles. The lowest BCUT2D eigenvalue weighted by Crippen LogP contribution is -2.24. The monoisotopic (exact) mass is 507 g/mol. The number of primary amides is 1. The summed E-state index contributed by atoms with van der Waals surface area (Å²) in [6, 6.07) is 15.2. The smallest absolute Gasteiger partial charge is 0.337 e. The average Bonchev–Trinajstić information content (AvgIpc) is 3.45. The second kappa shape index (κ2) is 8.62. The van der Waals surface area contributed by atoms with E-state index in [1.54, 1.807) is 23.1 Å². The number of hydrogen-bond acceptors (Lipinski definition) is 5. The van der Waals surface area contributed by atoms with E-state index in [2.05, 4.69) is 4.98 Å². The molecule has 0 saturated carbocycles. The van der Waals surface area contributed by atoms with Crippen LogP contribution in [-0.4, -0.2) is 29.9 Å². The number of benzene rings is 3. The van der Waals surface area contributed by atoms with Gasteiger partial charge in [0.2, 0.25) is 0 Å². The Labute approximate surface area is 217 Å². The Morgan fingerprint density at radius 3 is 2.61 bits per heavy atom. The number of amides is 2. The van der Waals surface area contributed by atoms with Gasteiger partial charge in [0.1, 0.15) is 5.82 Å². The first-order chi connectivity index (χ1) is 18.3. The van der Waals surface area contributed by atoms with Gasteiger partial charge in [-0.2, -0.15) is 0 Å². The molecule has 38 heavy (non-hydrogen) atoms. The highest BCUT2D eigenvalue weighted by molar-refractivity contribution is 6.11. The summed E-state index contributed by atoms with van der Waals surface area (Å²) in [4.78, 5) is 43.9. The molecular weight excluding hydrogens is 485 g/mol. The van der Waals surface area contributed by atoms with Crippen LogP contribution in [0, 0.1) is 12.7 Å². The molecule has 1 aliphatic heterocycles. The first kappa shape index (κ1) is 23.5. The van der Waals surface area contributed by atoms with E-state index in [0.717, 1.165) is 38.9 Å². The maximum atomic E-state index is 13.8. The number of carbonyl (C=O) groups excluding carboxylic acids is 3. The SMILES string of the molecule is COC(=O)c1ccc2c(c1)Cc1c(C(N)=O)cnc(-c3cccc(N4Cc5ccc(F)cc5C4=O)c3C)c1-2. The van der Waals surface area contributed by atoms with Gasteiger partial charge in [0, 0.05) is 28.6 Å². The molecule has 2 amide bonds. The first-order valence-electron chi connectivity index (χ1n) is 12.0. The van der Waals surface area contributed by atoms with Gasteiger partial charge in [-0.3, -0.25) is 14.6 Å². The molecular formula is C30H22FN3O4. The second-order valence-electron chi connectivity index (χ2n) is 9.42. The highest BCUT2D eigenvalue weighted by Gasteiger charge is 2.32. The van der Waals surface area contributed by atoms with Crippen LogP contribution < -0.4 is 10.6 Å². The van der Waals surface area contributed by atoms with E-state index in [-0.39, 0.29) is 5.91 Å². The van der Waals surface area contributed by atoms with Gasteiger partial charge in [0.25, 0.3) is 11.8 Å². The van der Waals surface area contributed by atoms with Crippen LogP contribution in [0.2, 0.25) is 0 Å². The predicted molar refractivity (Wildman–Crippen MR) is 139 cm³/mol. The number of nitrogens with zero attached hydrogens (tertiary/aromatic N) is 2. The van der Waals surface area contributed by atoms with Crippen molar-refractivity contribution in [2.75, 3.05) is 12.0 Å². The summed E-state index contributed by atoms with van der Waals surface area (Å²) in [5, 5.41) is 0. The molecule has 3 aromatic carbocycles. The van der Waals surface area contributed by atoms with Crippen molar-refractivity contribution in [2.24, 2.45) is 5.73 Å². The highest BCUT2D eigenvalue weighted by atomic mass is 19.1. The Hall–Kier alpha value is -4.85. The summed E-state index contributed by atoms with van der Waals surface area (Å²) in [5.74, 6) is -1.74. The van der Waals surface area contributed by atoms with Crippen molar-refractivity contribution in [3.05, 3.63) is 106 Å². The van der Waals surface area contributed by atoms with Crippen LogP contribution >= 0.6 is 0 Å². The number of methoxy groups -OCH3 is 1. The van der Waals surface area contributed by atoms with E-state index in [9.17, 15) is 18.8 Å². The number of hydrogen-bond donors (Lipinski definition) is 1. The molecule has 2 N–H and O–H groups in total. The molecule has 0 fully saturated rings. The zero-order valence-electron chi connectivity index (χ0n) is 20.7. The number of esters is 1. The van der Waals surface area contributed by atoms with Crippen molar-refractivity contribution in [3.8, 4) is 22.4 Å². The van der Waals surface area contributed by atoms with Gasteiger partial charge in [-0.25, -0.2) is 9.18 Å². The molecule has 7 nitrogen and oxygen atoms in total. The summed E-state index contributed by atoms with van der Waals surface area (Å²) in [6.07, 6.45) is 1.89. The number of rotatable bonds is 4. The number of carbonyl (C=O) groups is 3. The highest BCUT2D eigenvalue weighted by Crippen LogP contribution is 2.45. The van der Waals surface area contributed by atoms with Gasteiger partial charge < -0.3 is 15.4 Å². The van der Waals surface area contributed by atoms with E-state index in [4.69, 9.17) is 10.5 Å². The standard InChI is InChI=1S/C30H22FN3O4/c1-15-20(4-3-5-25(15)34-14-17-6-8-19(31)12-22(17)29(34)36)27-26-21-9-7-16(30(37)38-2)10-18(21)11-23(26)24(13-33-27)28(32)35/h3-10,12-13H,11,14H2,1-2H3,(H2,32,35). The van der Waals surface area contributed by atoms with Crippen molar-refractivity contribution in [2.45, 2.75) is 19.9 Å². The Bertz CT molecular complexity index is 1710. The van der Waals surface area contributed by atoms with Crippen molar-refractivity contribution in [1.82, 2.24) is 4.98 Å². The molecule has 0 radical (unpaired) electrons. The van der Waals surface area contributed by atoms with Crippen LogP contribution in [0.5, 0.6) is 0 Å². The Kier molecular flexibility index (Phi) is 5.34. The third-order valence-electron chi connectivity index (χ3n) is 7.34. The summed E-state index contributed by atoms with van der Waals surface area (Å²) < 4.78 is 18.7. The molecule has 0 atom stereocenters. The molecule has 1 aromatic heterocycles. The zero-order valence-corrected chi connectivity index (χ0v) is 20.7. The van der Waals surface area contributed by atoms with Gasteiger partial charge >= 0.3 is 5.97 Å². The van der Waals surface area contributed by atoms with Crippen LogP contribution in [0.4, 0.5) is 10.1 Å². The summed E-state index contributed by atoms with van der Waals surface area (Å²) in [6.45, 7) is 2.25. The van der Waals surface area contributed by atoms with Crippen LogP contribution in [0.15, 0.2) is 60.8 Å². The third kappa shape index (κ3) is 3.48. The molecule has 2 heterocycles. The number of fused-ring (bicyclic) bond motifs is 4. The largest absolute Gasteiger partial charge is 0.465 e. The van der Waals surface area contributed by atoms with Gasteiger partial charge in [-0.05, 0) is 71.5 Å². The first-order valence-corrected chi connectivity index (χ1v) is 12.0. The minimum atomic E-state index is -0.584. The van der Waals surface area contributed by atoms with Gasteiger partial charge in [0.05, 0.1) is 30.5 Å². The fourth-order valence-electron chi connectivity index (χ4n) is 5.50. The topological polar surface area (TPSA) is 103 Å². The van der Waals surface area contributed by atoms with Crippen LogP contribution in [0.25, 0.3) is 22.4 Å². The molecule has 0 unspecified atom stereocenters. The molecule has 8 heteroatoms. The number of pyridine rings is 1. The summed E-state index contributed by atoms with van der Waals surface area (Å²) in [7, 11) is 1.33. The van der Waals surface area contributed by atoms with Gasteiger partial charge in [-0.1, -0.05) is 24.3 Å². The third-order valence-corrected chi connectivity index (χ3v) is 7.34. The van der Waals surface area contributed by atoms with E-state index in [1.807, 2.05) is 31.2 Å². The molecule has 4 aromatic rings. The molecule has 188 valence electrons. The maximum Gasteiger partial charge on any atom is 0.337 e. The van der Waals surface area contributed by atoms with Crippen LogP contribution in [-0.2, 0) is 17.7 Å². The molecule has 0 spiro atoms. The lowest BCUT2D eigenvalue weighted by Gasteiger charge is -2.21. The van der Waals surface area contributed by atoms with E-state index >= 15 is 0 Å². The van der Waals surface area contributed by atoms with E-state index in [0.29, 0.717) is 41.0 Å². The fourth-order valence-corrected chi connectivity index (χ4v) is 5.50. The summed E-state index contributed by atoms with van der Waals surface area (Å²) in [5.41, 5.74) is 13.7. The average molecular weight is 508 g/mol. The van der Waals surface area contributed by atoms with Crippen molar-refractivity contribution in [1.29, 1.82) is 0 Å². The second-order valence-corrected chi connectivity index (χ2v) is 9.42. The van der Waals surface area contributed by atoms with Crippen molar-refractivity contribution >= 4 is 23.5 Å². The predicted octanol–water partition coefficient (Wildman–Crippen LogP) is 4.81. The number of aromatic nitrogens is 1. The van der Waals surface area contributed by atoms with E-state index < -0.39 is 17.7 Å². The number of nitrogens with two attached hydrogens (primary N) is 1. The van der Waals surface area contributed by atoms with Crippen molar-refractivity contribution < 1.29 is 23.5 Å². The lowest BCUT2D eigenvalue weighted by atomic mass is 9.93. The molecule has 0 bridgehead atoms. The Balaban J connectivity index is 1.50. The maximum absolute atomic E-state index is 13.8. The normalized spacial score (nSPS) is 13.2. The van der Waals surface area contributed by atoms with Crippen LogP contribution in [0.1, 0.15) is 53.3 Å². The minimum Gasteiger partial charge on any atom is -0.465 e. The molecule has 2 aliphatic rings. The van der Waals surface area contributed by atoms with Crippen molar-refractivity contribution in [3.63, 3.8) is 0 Å². The summed E-state index contributed by atoms with van der Waals surface area (Å²) >= 11 is 0. The number of halogens is 1. The van der Waals surface area contributed by atoms with Gasteiger partial charge in [0.15, 0.2) is 0 Å².